The first-order chi connectivity index (χ1) is 9.31. The minimum Gasteiger partial charge on any atom is -0.493 e. The highest BCUT2D eigenvalue weighted by Crippen LogP contribution is 2.37. The molecule has 2 rings (SSSR count). The Labute approximate surface area is 115 Å². The standard InChI is InChI=1S/C15H24N2O2/c1-3-19-15-12(7-6-8-14(15)18-2)13(11-16)17-9-4-5-10-17/h6-8,13H,3-5,9-11,16H2,1-2H3. The highest BCUT2D eigenvalue weighted by molar-refractivity contribution is 5.48. The summed E-state index contributed by atoms with van der Waals surface area (Å²) < 4.78 is 11.2. The molecular formula is C15H24N2O2. The number of methoxy groups -OCH3 is 1. The number of nitrogens with two attached hydrogens (primary N) is 1. The molecule has 1 aromatic rings. The van der Waals surface area contributed by atoms with Gasteiger partial charge in [0.2, 0.25) is 0 Å². The molecule has 1 atom stereocenters. The zero-order chi connectivity index (χ0) is 13.7. The van der Waals surface area contributed by atoms with Crippen molar-refractivity contribution in [3.05, 3.63) is 23.8 Å². The average Bonchev–Trinajstić information content (AvgIpc) is 2.95. The molecule has 2 N–H and O–H groups in total. The number of ether oxygens (including phenoxy) is 2. The highest BCUT2D eigenvalue weighted by Gasteiger charge is 2.26. The number of nitrogens with zero attached hydrogens (tertiary/aromatic N) is 1. The van der Waals surface area contributed by atoms with Crippen LogP contribution in [0.15, 0.2) is 18.2 Å². The van der Waals surface area contributed by atoms with Gasteiger partial charge >= 0.3 is 0 Å². The van der Waals surface area contributed by atoms with Crippen LogP contribution in [0.2, 0.25) is 0 Å². The lowest BCUT2D eigenvalue weighted by Crippen LogP contribution is -2.31. The van der Waals surface area contributed by atoms with Crippen LogP contribution in [-0.4, -0.2) is 38.3 Å². The Balaban J connectivity index is 2.34. The molecule has 0 saturated carbocycles. The van der Waals surface area contributed by atoms with Gasteiger partial charge in [-0.15, -0.1) is 0 Å². The van der Waals surface area contributed by atoms with E-state index < -0.39 is 0 Å². The molecule has 1 aromatic carbocycles. The van der Waals surface area contributed by atoms with Crippen molar-refractivity contribution < 1.29 is 9.47 Å². The number of hydrogen-bond donors (Lipinski definition) is 1. The van der Waals surface area contributed by atoms with Crippen LogP contribution in [0, 0.1) is 0 Å². The molecule has 1 saturated heterocycles. The summed E-state index contributed by atoms with van der Waals surface area (Å²) >= 11 is 0. The van der Waals surface area contributed by atoms with Gasteiger partial charge < -0.3 is 15.2 Å². The SMILES string of the molecule is CCOc1c(OC)cccc1C(CN)N1CCCC1. The number of likely N-dealkylation sites (tertiary alicyclic amines) is 1. The van der Waals surface area contributed by atoms with E-state index in [1.807, 2.05) is 19.1 Å². The van der Waals surface area contributed by atoms with E-state index in [9.17, 15) is 0 Å². The van der Waals surface area contributed by atoms with Crippen molar-refractivity contribution >= 4 is 0 Å². The smallest absolute Gasteiger partial charge is 0.165 e. The van der Waals surface area contributed by atoms with E-state index in [2.05, 4.69) is 11.0 Å². The van der Waals surface area contributed by atoms with Gasteiger partial charge in [-0.1, -0.05) is 12.1 Å². The number of benzene rings is 1. The van der Waals surface area contributed by atoms with Gasteiger partial charge in [0.25, 0.3) is 0 Å². The number of rotatable bonds is 6. The fourth-order valence-corrected chi connectivity index (χ4v) is 2.78. The molecule has 0 aromatic heterocycles. The molecule has 0 amide bonds. The van der Waals surface area contributed by atoms with Crippen LogP contribution >= 0.6 is 0 Å². The molecule has 1 heterocycles. The molecular weight excluding hydrogens is 240 g/mol. The zero-order valence-corrected chi connectivity index (χ0v) is 11.9. The van der Waals surface area contributed by atoms with Crippen molar-refractivity contribution in [2.24, 2.45) is 5.73 Å². The Morgan fingerprint density at radius 2 is 2.05 bits per heavy atom. The first kappa shape index (κ1) is 14.2. The van der Waals surface area contributed by atoms with Gasteiger partial charge in [0.1, 0.15) is 0 Å². The molecule has 1 aliphatic heterocycles. The monoisotopic (exact) mass is 264 g/mol. The van der Waals surface area contributed by atoms with E-state index in [4.69, 9.17) is 15.2 Å². The maximum atomic E-state index is 6.00. The van der Waals surface area contributed by atoms with Gasteiger partial charge in [0.05, 0.1) is 19.8 Å². The van der Waals surface area contributed by atoms with Crippen LogP contribution in [0.1, 0.15) is 31.4 Å². The van der Waals surface area contributed by atoms with Gasteiger partial charge in [-0.25, -0.2) is 0 Å². The first-order valence-electron chi connectivity index (χ1n) is 7.05. The summed E-state index contributed by atoms with van der Waals surface area (Å²) in [6.45, 7) is 5.46. The Kier molecular flexibility index (Phi) is 5.05. The van der Waals surface area contributed by atoms with Crippen LogP contribution in [0.3, 0.4) is 0 Å². The third-order valence-corrected chi connectivity index (χ3v) is 3.68. The van der Waals surface area contributed by atoms with Gasteiger partial charge in [-0.05, 0) is 38.9 Å². The molecule has 4 heteroatoms. The molecule has 4 nitrogen and oxygen atoms in total. The average molecular weight is 264 g/mol. The van der Waals surface area contributed by atoms with E-state index in [1.165, 1.54) is 12.8 Å². The summed E-state index contributed by atoms with van der Waals surface area (Å²) in [5, 5.41) is 0. The zero-order valence-electron chi connectivity index (χ0n) is 11.9. The predicted octanol–water partition coefficient (Wildman–Crippen LogP) is 2.19. The first-order valence-corrected chi connectivity index (χ1v) is 7.05. The highest BCUT2D eigenvalue weighted by atomic mass is 16.5. The molecule has 1 fully saturated rings. The lowest BCUT2D eigenvalue weighted by atomic mass is 10.0. The molecule has 0 bridgehead atoms. The van der Waals surface area contributed by atoms with E-state index >= 15 is 0 Å². The minimum absolute atomic E-state index is 0.221. The largest absolute Gasteiger partial charge is 0.493 e. The minimum atomic E-state index is 0.221. The van der Waals surface area contributed by atoms with E-state index in [1.54, 1.807) is 7.11 Å². The van der Waals surface area contributed by atoms with Crippen LogP contribution in [-0.2, 0) is 0 Å². The Bertz CT molecular complexity index is 403. The summed E-state index contributed by atoms with van der Waals surface area (Å²) in [6.07, 6.45) is 2.51. The number of hydrogen-bond acceptors (Lipinski definition) is 4. The van der Waals surface area contributed by atoms with Crippen LogP contribution in [0.25, 0.3) is 0 Å². The lowest BCUT2D eigenvalue weighted by Gasteiger charge is -2.28. The van der Waals surface area contributed by atoms with E-state index in [0.29, 0.717) is 13.2 Å². The normalized spacial score (nSPS) is 17.4. The van der Waals surface area contributed by atoms with Crippen molar-refractivity contribution in [2.45, 2.75) is 25.8 Å². The molecule has 0 aliphatic carbocycles. The van der Waals surface area contributed by atoms with Gasteiger partial charge in [0.15, 0.2) is 11.5 Å². The third-order valence-electron chi connectivity index (χ3n) is 3.68. The fourth-order valence-electron chi connectivity index (χ4n) is 2.78. The Hall–Kier alpha value is -1.26. The molecule has 1 unspecified atom stereocenters. The number of para-hydroxylation sites is 1. The summed E-state index contributed by atoms with van der Waals surface area (Å²) in [4.78, 5) is 2.44. The molecule has 0 radical (unpaired) electrons. The summed E-state index contributed by atoms with van der Waals surface area (Å²) in [7, 11) is 1.68. The van der Waals surface area contributed by atoms with Crippen molar-refractivity contribution in [2.75, 3.05) is 33.4 Å². The quantitative estimate of drug-likeness (QED) is 0.855. The molecule has 19 heavy (non-hydrogen) atoms. The third kappa shape index (κ3) is 3.01. The van der Waals surface area contributed by atoms with Gasteiger partial charge in [-0.3, -0.25) is 4.90 Å². The van der Waals surface area contributed by atoms with Gasteiger partial charge in [0, 0.05) is 12.1 Å². The summed E-state index contributed by atoms with van der Waals surface area (Å²) in [5.74, 6) is 1.63. The summed E-state index contributed by atoms with van der Waals surface area (Å²) in [5.41, 5.74) is 7.15. The summed E-state index contributed by atoms with van der Waals surface area (Å²) in [6, 6.07) is 6.27. The maximum absolute atomic E-state index is 6.00. The van der Waals surface area contributed by atoms with E-state index in [0.717, 1.165) is 30.2 Å². The van der Waals surface area contributed by atoms with Crippen molar-refractivity contribution in [3.8, 4) is 11.5 Å². The Morgan fingerprint density at radius 3 is 2.63 bits per heavy atom. The molecule has 106 valence electrons. The molecule has 1 aliphatic rings. The van der Waals surface area contributed by atoms with Crippen molar-refractivity contribution in [1.29, 1.82) is 0 Å². The van der Waals surface area contributed by atoms with E-state index in [-0.39, 0.29) is 6.04 Å². The van der Waals surface area contributed by atoms with Crippen molar-refractivity contribution in [3.63, 3.8) is 0 Å². The van der Waals surface area contributed by atoms with Crippen LogP contribution in [0.4, 0.5) is 0 Å². The maximum Gasteiger partial charge on any atom is 0.165 e. The van der Waals surface area contributed by atoms with Crippen LogP contribution < -0.4 is 15.2 Å². The second kappa shape index (κ2) is 6.78. The van der Waals surface area contributed by atoms with Gasteiger partial charge in [-0.2, -0.15) is 0 Å². The predicted molar refractivity (Wildman–Crippen MR) is 76.8 cm³/mol. The van der Waals surface area contributed by atoms with Crippen molar-refractivity contribution in [1.82, 2.24) is 4.90 Å². The second-order valence-corrected chi connectivity index (χ2v) is 4.81. The molecule has 0 spiro atoms. The fraction of sp³-hybridized carbons (Fsp3) is 0.600. The van der Waals surface area contributed by atoms with Crippen LogP contribution in [0.5, 0.6) is 11.5 Å². The second-order valence-electron chi connectivity index (χ2n) is 4.81. The Morgan fingerprint density at radius 1 is 1.32 bits per heavy atom. The lowest BCUT2D eigenvalue weighted by molar-refractivity contribution is 0.237. The topological polar surface area (TPSA) is 47.7 Å².